The fourth-order valence-corrected chi connectivity index (χ4v) is 6.26. The van der Waals surface area contributed by atoms with Crippen LogP contribution in [0, 0.1) is 0 Å². The van der Waals surface area contributed by atoms with E-state index in [4.69, 9.17) is 15.4 Å². The van der Waals surface area contributed by atoms with Crippen LogP contribution in [-0.2, 0) is 0 Å². The van der Waals surface area contributed by atoms with E-state index < -0.39 is 72.5 Å². The highest BCUT2D eigenvalue weighted by Gasteiger charge is 2.22. The van der Waals surface area contributed by atoms with Crippen molar-refractivity contribution in [3.63, 3.8) is 0 Å². The van der Waals surface area contributed by atoms with E-state index in [0.717, 1.165) is 5.56 Å². The molecule has 0 saturated carbocycles. The summed E-state index contributed by atoms with van der Waals surface area (Å²) in [5.41, 5.74) is 2.55. The minimum absolute atomic E-state index is 0.0722. The predicted octanol–water partition coefficient (Wildman–Crippen LogP) is 12.6. The van der Waals surface area contributed by atoms with E-state index in [1.54, 1.807) is 6.07 Å². The summed E-state index contributed by atoms with van der Waals surface area (Å²) in [5, 5.41) is 0.547. The van der Waals surface area contributed by atoms with Gasteiger partial charge in [0.1, 0.15) is 11.2 Å². The van der Waals surface area contributed by atoms with Crippen LogP contribution in [-0.4, -0.2) is 0 Å². The van der Waals surface area contributed by atoms with Crippen molar-refractivity contribution in [1.29, 1.82) is 0 Å². The van der Waals surface area contributed by atoms with Crippen molar-refractivity contribution in [3.05, 3.63) is 170 Å². The first-order valence-corrected chi connectivity index (χ1v) is 14.4. The van der Waals surface area contributed by atoms with Gasteiger partial charge in [0.15, 0.2) is 0 Å². The van der Waals surface area contributed by atoms with Crippen LogP contribution in [0.1, 0.15) is 17.8 Å². The lowest BCUT2D eigenvalue weighted by atomic mass is 9.82. The highest BCUT2D eigenvalue weighted by Crippen LogP contribution is 2.49. The lowest BCUT2D eigenvalue weighted by Crippen LogP contribution is -1.93. The van der Waals surface area contributed by atoms with Gasteiger partial charge in [-0.25, -0.2) is 0 Å². The second-order valence-electron chi connectivity index (χ2n) is 10.6. The van der Waals surface area contributed by atoms with Crippen molar-refractivity contribution in [3.8, 4) is 44.5 Å². The molecule has 0 amide bonds. The molecule has 9 aromatic rings. The second-order valence-corrected chi connectivity index (χ2v) is 10.6. The van der Waals surface area contributed by atoms with Gasteiger partial charge in [0.25, 0.3) is 0 Å². The average Bonchev–Trinajstić information content (AvgIpc) is 3.62. The molecule has 0 aliphatic heterocycles. The van der Waals surface area contributed by atoms with Crippen molar-refractivity contribution >= 4 is 43.5 Å². The third-order valence-corrected chi connectivity index (χ3v) is 8.17. The number of fused-ring (bicyclic) bond motifs is 5. The molecule has 0 radical (unpaired) electrons. The Bertz CT molecular complexity index is 3170. The van der Waals surface area contributed by atoms with Gasteiger partial charge >= 0.3 is 0 Å². The summed E-state index contributed by atoms with van der Waals surface area (Å²) < 4.78 is 124. The number of para-hydroxylation sites is 1. The van der Waals surface area contributed by atoms with Gasteiger partial charge in [-0.1, -0.05) is 151 Å². The van der Waals surface area contributed by atoms with Gasteiger partial charge in [-0.3, -0.25) is 0 Å². The molecule has 45 heavy (non-hydrogen) atoms. The molecule has 1 nitrogen and oxygen atoms in total. The first-order chi connectivity index (χ1) is 27.7. The van der Waals surface area contributed by atoms with Crippen molar-refractivity contribution in [2.75, 3.05) is 0 Å². The minimum Gasteiger partial charge on any atom is -0.456 e. The first kappa shape index (κ1) is 15.7. The number of benzene rings is 8. The first-order valence-electron chi connectivity index (χ1n) is 20.9. The highest BCUT2D eigenvalue weighted by molar-refractivity contribution is 6.26. The van der Waals surface area contributed by atoms with Crippen molar-refractivity contribution in [2.45, 2.75) is 0 Å². The fourth-order valence-electron chi connectivity index (χ4n) is 6.26. The van der Waals surface area contributed by atoms with E-state index in [9.17, 15) is 6.85 Å². The van der Waals surface area contributed by atoms with E-state index in [2.05, 4.69) is 0 Å². The maximum Gasteiger partial charge on any atom is 0.136 e. The summed E-state index contributed by atoms with van der Waals surface area (Å²) >= 11 is 0. The fraction of sp³-hybridized carbons (Fsp3) is 0. The summed E-state index contributed by atoms with van der Waals surface area (Å²) in [4.78, 5) is 0. The van der Waals surface area contributed by atoms with Crippen LogP contribution >= 0.6 is 0 Å². The Kier molecular flexibility index (Phi) is 3.62. The lowest BCUT2D eigenvalue weighted by molar-refractivity contribution is 0.669. The molecule has 210 valence electrons. The van der Waals surface area contributed by atoms with Crippen LogP contribution < -0.4 is 0 Å². The van der Waals surface area contributed by atoms with Crippen LogP contribution in [0.5, 0.6) is 0 Å². The lowest BCUT2D eigenvalue weighted by Gasteiger charge is -2.20. The standard InChI is InChI=1S/C44H28O/c1-3-15-29(16-4-1)31-27-39(44-38-25-13-14-26-40(38)45-41(44)28-31)43-36-23-11-9-21-34(36)42(35-22-10-12-24-37(35)43)33-20-8-7-19-32(33)30-17-5-2-6-18-30/h1-28H/i2D,7D,8D,9D,10D,11D,12D,19D,20D,21D,22D,23D,24D. The van der Waals surface area contributed by atoms with Gasteiger partial charge in [0, 0.05) is 10.8 Å². The maximum atomic E-state index is 9.56. The third-order valence-electron chi connectivity index (χ3n) is 8.17. The Labute approximate surface area is 279 Å². The van der Waals surface area contributed by atoms with Gasteiger partial charge in [-0.2, -0.15) is 0 Å². The van der Waals surface area contributed by atoms with E-state index in [-0.39, 0.29) is 55.4 Å². The van der Waals surface area contributed by atoms with Gasteiger partial charge in [-0.15, -0.1) is 0 Å². The van der Waals surface area contributed by atoms with Crippen LogP contribution in [0.15, 0.2) is 174 Å². The molecule has 0 fully saturated rings. The van der Waals surface area contributed by atoms with E-state index in [1.807, 2.05) is 60.7 Å². The van der Waals surface area contributed by atoms with E-state index in [1.165, 1.54) is 24.3 Å². The van der Waals surface area contributed by atoms with Crippen LogP contribution in [0.4, 0.5) is 0 Å². The van der Waals surface area contributed by atoms with Crippen LogP contribution in [0.3, 0.4) is 0 Å². The molecule has 0 aliphatic rings. The molecule has 8 aromatic carbocycles. The minimum atomic E-state index is -0.657. The summed E-state index contributed by atoms with van der Waals surface area (Å²) in [6, 6.07) is 19.3. The van der Waals surface area contributed by atoms with Crippen LogP contribution in [0.2, 0.25) is 0 Å². The average molecular weight is 586 g/mol. The normalized spacial score (nSPS) is 15.6. The molecule has 9 rings (SSSR count). The Balaban J connectivity index is 1.64. The van der Waals surface area contributed by atoms with E-state index >= 15 is 0 Å². The zero-order valence-corrected chi connectivity index (χ0v) is 23.6. The molecule has 0 bridgehead atoms. The summed E-state index contributed by atoms with van der Waals surface area (Å²) in [7, 11) is 0. The summed E-state index contributed by atoms with van der Waals surface area (Å²) in [6.07, 6.45) is 0. The smallest absolute Gasteiger partial charge is 0.136 e. The number of rotatable bonds is 4. The molecule has 1 aromatic heterocycles. The summed E-state index contributed by atoms with van der Waals surface area (Å²) in [5.74, 6) is 0. The zero-order chi connectivity index (χ0) is 41.1. The Morgan fingerprint density at radius 3 is 1.62 bits per heavy atom. The molecular weight excluding hydrogens is 544 g/mol. The third kappa shape index (κ3) is 4.09. The molecule has 0 atom stereocenters. The monoisotopic (exact) mass is 585 g/mol. The Hall–Kier alpha value is -5.92. The van der Waals surface area contributed by atoms with Gasteiger partial charge in [0.2, 0.25) is 0 Å². The van der Waals surface area contributed by atoms with Gasteiger partial charge in [0.05, 0.1) is 17.8 Å². The Morgan fingerprint density at radius 2 is 0.933 bits per heavy atom. The summed E-state index contributed by atoms with van der Waals surface area (Å²) in [6.45, 7) is 0. The molecule has 1 heterocycles. The second kappa shape index (κ2) is 10.4. The topological polar surface area (TPSA) is 13.1 Å². The van der Waals surface area contributed by atoms with Crippen molar-refractivity contribution in [2.24, 2.45) is 0 Å². The Morgan fingerprint density at radius 1 is 0.378 bits per heavy atom. The quantitative estimate of drug-likeness (QED) is 0.187. The molecule has 0 aliphatic carbocycles. The highest BCUT2D eigenvalue weighted by atomic mass is 16.3. The number of hydrogen-bond acceptors (Lipinski definition) is 1. The number of hydrogen-bond donors (Lipinski definition) is 0. The van der Waals surface area contributed by atoms with Crippen LogP contribution in [0.25, 0.3) is 88.0 Å². The maximum absolute atomic E-state index is 9.56. The van der Waals surface area contributed by atoms with Gasteiger partial charge in [-0.05, 0) is 84.3 Å². The van der Waals surface area contributed by atoms with Crippen molar-refractivity contribution < 1.29 is 22.2 Å². The zero-order valence-electron chi connectivity index (χ0n) is 36.6. The molecular formula is C44H28O. The van der Waals surface area contributed by atoms with E-state index in [0.29, 0.717) is 33.1 Å². The largest absolute Gasteiger partial charge is 0.456 e. The van der Waals surface area contributed by atoms with Gasteiger partial charge < -0.3 is 4.42 Å². The molecule has 0 unspecified atom stereocenters. The molecule has 0 N–H and O–H groups in total. The molecule has 0 saturated heterocycles. The van der Waals surface area contributed by atoms with Crippen molar-refractivity contribution in [1.82, 2.24) is 0 Å². The molecule has 1 heteroatoms. The predicted molar refractivity (Wildman–Crippen MR) is 190 cm³/mol. The molecule has 0 spiro atoms. The SMILES string of the molecule is [2H]c1ccc(-c2c([2H])c([2H])c([2H])c([2H])c2-c2c3c([2H])c([2H])c([2H])c([2H])c3c(-c3cc(-c4ccccc4)cc4oc5ccccc5c34)c3c([2H])c([2H])c([2H])c([2H])c23)cc1. The number of furan rings is 1.